The van der Waals surface area contributed by atoms with Gasteiger partial charge in [0, 0.05) is 24.1 Å². The molecule has 1 aliphatic carbocycles. The van der Waals surface area contributed by atoms with Crippen LogP contribution in [0.4, 0.5) is 0 Å². The molecule has 4 N–H and O–H groups in total. The molecular weight excluding hydrogens is 294 g/mol. The van der Waals surface area contributed by atoms with Gasteiger partial charge < -0.3 is 20.3 Å². The van der Waals surface area contributed by atoms with Crippen molar-refractivity contribution in [1.29, 1.82) is 0 Å². The third-order valence-corrected chi connectivity index (χ3v) is 5.30. The van der Waals surface area contributed by atoms with Gasteiger partial charge in [-0.15, -0.1) is 0 Å². The zero-order chi connectivity index (χ0) is 16.4. The van der Waals surface area contributed by atoms with Crippen LogP contribution in [-0.4, -0.2) is 41.7 Å². The number of amides is 1. The number of likely N-dealkylation sites (tertiary alicyclic amines) is 1. The molecule has 0 aromatic carbocycles. The zero-order valence-corrected chi connectivity index (χ0v) is 13.7. The second-order valence-electron chi connectivity index (χ2n) is 6.65. The van der Waals surface area contributed by atoms with E-state index in [0.29, 0.717) is 19.0 Å². The molecular formula is C17H26N3O3+. The van der Waals surface area contributed by atoms with Crippen LogP contribution in [0.5, 0.6) is 5.75 Å². The largest absolute Gasteiger partial charge is 0.507 e. The van der Waals surface area contributed by atoms with Gasteiger partial charge in [0.2, 0.25) is 0 Å². The molecule has 2 aliphatic rings. The number of hydrogen-bond acceptors (Lipinski definition) is 3. The molecule has 1 aromatic rings. The molecule has 1 amide bonds. The Bertz CT molecular complexity index is 653. The average Bonchev–Trinajstić information content (AvgIpc) is 3.00. The minimum absolute atomic E-state index is 0.118. The average molecular weight is 320 g/mol. The van der Waals surface area contributed by atoms with E-state index in [9.17, 15) is 14.7 Å². The van der Waals surface area contributed by atoms with Gasteiger partial charge in [-0.1, -0.05) is 0 Å². The third kappa shape index (κ3) is 3.13. The Hall–Kier alpha value is -1.82. The maximum absolute atomic E-state index is 12.4. The number of rotatable bonds is 4. The molecule has 126 valence electrons. The summed E-state index contributed by atoms with van der Waals surface area (Å²) < 4.78 is 0. The molecule has 1 unspecified atom stereocenters. The highest BCUT2D eigenvalue weighted by molar-refractivity contribution is 5.96. The fourth-order valence-electron chi connectivity index (χ4n) is 3.97. The van der Waals surface area contributed by atoms with Crippen molar-refractivity contribution in [3.8, 4) is 5.75 Å². The Kier molecular flexibility index (Phi) is 4.71. The molecule has 3 rings (SSSR count). The van der Waals surface area contributed by atoms with Crippen LogP contribution in [0.3, 0.4) is 0 Å². The number of H-pyrrole nitrogens is 1. The lowest BCUT2D eigenvalue weighted by Crippen LogP contribution is -3.14. The van der Waals surface area contributed by atoms with Gasteiger partial charge in [-0.3, -0.25) is 9.59 Å². The molecule has 6 heteroatoms. The monoisotopic (exact) mass is 320 g/mol. The second-order valence-corrected chi connectivity index (χ2v) is 6.65. The van der Waals surface area contributed by atoms with Crippen molar-refractivity contribution in [2.45, 2.75) is 51.5 Å². The standard InChI is InChI=1S/C17H25N3O3/c1-2-20-9-5-6-11(20)10-18-16(22)14-15(21)12-7-3-4-8-13(12)19-17(14)23/h11H,2-10H2,1H3,(H,18,22)(H2,19,21,23)/p+1/t11-/m1/s1. The van der Waals surface area contributed by atoms with Gasteiger partial charge in [0.25, 0.3) is 11.5 Å². The number of likely N-dealkylation sites (N-methyl/N-ethyl adjacent to an activating group) is 1. The van der Waals surface area contributed by atoms with Gasteiger partial charge >= 0.3 is 0 Å². The molecule has 0 spiro atoms. The molecule has 0 saturated carbocycles. The van der Waals surface area contributed by atoms with E-state index in [1.165, 1.54) is 11.3 Å². The van der Waals surface area contributed by atoms with E-state index in [-0.39, 0.29) is 11.3 Å². The Morgan fingerprint density at radius 1 is 1.35 bits per heavy atom. The SMILES string of the molecule is CC[NH+]1CCC[C@@H]1CNC(=O)c1c(O)c2c([nH]c1=O)CCCC2. The van der Waals surface area contributed by atoms with Gasteiger partial charge in [0.1, 0.15) is 17.4 Å². The van der Waals surface area contributed by atoms with Crippen molar-refractivity contribution in [2.24, 2.45) is 0 Å². The number of carbonyl (C=O) groups excluding carboxylic acids is 1. The van der Waals surface area contributed by atoms with Gasteiger partial charge in [-0.2, -0.15) is 0 Å². The maximum Gasteiger partial charge on any atom is 0.264 e. The number of fused-ring (bicyclic) bond motifs is 1. The molecule has 2 heterocycles. The summed E-state index contributed by atoms with van der Waals surface area (Å²) in [5.74, 6) is -0.577. The summed E-state index contributed by atoms with van der Waals surface area (Å²) in [4.78, 5) is 28.9. The van der Waals surface area contributed by atoms with Crippen LogP contribution in [0.25, 0.3) is 0 Å². The number of aromatic amines is 1. The van der Waals surface area contributed by atoms with Crippen LogP contribution in [-0.2, 0) is 12.8 Å². The summed E-state index contributed by atoms with van der Waals surface area (Å²) in [6.07, 6.45) is 5.73. The van der Waals surface area contributed by atoms with E-state index < -0.39 is 11.5 Å². The first-order valence-electron chi connectivity index (χ1n) is 8.71. The third-order valence-electron chi connectivity index (χ3n) is 5.30. The highest BCUT2D eigenvalue weighted by Crippen LogP contribution is 2.28. The zero-order valence-electron chi connectivity index (χ0n) is 13.7. The second kappa shape index (κ2) is 6.74. The number of pyridine rings is 1. The van der Waals surface area contributed by atoms with Crippen LogP contribution < -0.4 is 15.8 Å². The van der Waals surface area contributed by atoms with Crippen LogP contribution >= 0.6 is 0 Å². The van der Waals surface area contributed by atoms with Crippen LogP contribution in [0.2, 0.25) is 0 Å². The molecule has 1 aromatic heterocycles. The summed E-state index contributed by atoms with van der Waals surface area (Å²) in [6.45, 7) is 4.89. The molecule has 1 fully saturated rings. The number of aromatic nitrogens is 1. The fraction of sp³-hybridized carbons (Fsp3) is 0.647. The number of aryl methyl sites for hydroxylation is 1. The summed E-state index contributed by atoms with van der Waals surface area (Å²) in [5.41, 5.74) is 0.920. The summed E-state index contributed by atoms with van der Waals surface area (Å²) in [5, 5.41) is 13.2. The molecule has 0 bridgehead atoms. The molecule has 6 nitrogen and oxygen atoms in total. The summed E-state index contributed by atoms with van der Waals surface area (Å²) in [6, 6.07) is 0.405. The number of nitrogens with one attached hydrogen (secondary N) is 3. The van der Waals surface area contributed by atoms with Gasteiger partial charge in [-0.25, -0.2) is 0 Å². The fourth-order valence-corrected chi connectivity index (χ4v) is 3.97. The highest BCUT2D eigenvalue weighted by atomic mass is 16.3. The van der Waals surface area contributed by atoms with Crippen molar-refractivity contribution < 1.29 is 14.8 Å². The van der Waals surface area contributed by atoms with E-state index in [4.69, 9.17) is 0 Å². The van der Waals surface area contributed by atoms with Crippen LogP contribution in [0.1, 0.15) is 54.2 Å². The van der Waals surface area contributed by atoms with Crippen molar-refractivity contribution in [2.75, 3.05) is 19.6 Å². The Morgan fingerprint density at radius 2 is 2.13 bits per heavy atom. The first kappa shape index (κ1) is 16.1. The number of hydrogen-bond donors (Lipinski definition) is 4. The summed E-state index contributed by atoms with van der Waals surface area (Å²) in [7, 11) is 0. The van der Waals surface area contributed by atoms with E-state index in [2.05, 4.69) is 17.2 Å². The number of aromatic hydroxyl groups is 1. The van der Waals surface area contributed by atoms with E-state index in [1.807, 2.05) is 0 Å². The topological polar surface area (TPSA) is 86.6 Å². The lowest BCUT2D eigenvalue weighted by molar-refractivity contribution is -0.909. The Balaban J connectivity index is 1.76. The summed E-state index contributed by atoms with van der Waals surface area (Å²) >= 11 is 0. The minimum atomic E-state index is -0.480. The highest BCUT2D eigenvalue weighted by Gasteiger charge is 2.29. The van der Waals surface area contributed by atoms with E-state index in [1.54, 1.807) is 0 Å². The number of quaternary nitrogens is 1. The lowest BCUT2D eigenvalue weighted by Gasteiger charge is -2.21. The number of carbonyl (C=O) groups is 1. The lowest BCUT2D eigenvalue weighted by atomic mass is 9.93. The molecule has 0 radical (unpaired) electrons. The van der Waals surface area contributed by atoms with Crippen LogP contribution in [0, 0.1) is 0 Å². The normalized spacial score (nSPS) is 23.5. The van der Waals surface area contributed by atoms with E-state index >= 15 is 0 Å². The minimum Gasteiger partial charge on any atom is -0.507 e. The van der Waals surface area contributed by atoms with Crippen LogP contribution in [0.15, 0.2) is 4.79 Å². The molecule has 1 aliphatic heterocycles. The van der Waals surface area contributed by atoms with Crippen molar-refractivity contribution in [3.05, 3.63) is 27.2 Å². The Labute approximate surface area is 135 Å². The first-order chi connectivity index (χ1) is 11.1. The Morgan fingerprint density at radius 3 is 2.91 bits per heavy atom. The van der Waals surface area contributed by atoms with Gasteiger partial charge in [0.05, 0.1) is 19.6 Å². The maximum atomic E-state index is 12.4. The van der Waals surface area contributed by atoms with Crippen molar-refractivity contribution >= 4 is 5.91 Å². The quantitative estimate of drug-likeness (QED) is 0.617. The van der Waals surface area contributed by atoms with Gasteiger partial charge in [0.15, 0.2) is 0 Å². The molecule has 1 saturated heterocycles. The van der Waals surface area contributed by atoms with Gasteiger partial charge in [-0.05, 0) is 32.6 Å². The van der Waals surface area contributed by atoms with Crippen molar-refractivity contribution in [3.63, 3.8) is 0 Å². The predicted molar refractivity (Wildman–Crippen MR) is 87.1 cm³/mol. The van der Waals surface area contributed by atoms with E-state index in [0.717, 1.165) is 50.0 Å². The molecule has 23 heavy (non-hydrogen) atoms. The first-order valence-corrected chi connectivity index (χ1v) is 8.71. The molecule has 2 atom stereocenters. The smallest absolute Gasteiger partial charge is 0.264 e. The van der Waals surface area contributed by atoms with Crippen molar-refractivity contribution in [1.82, 2.24) is 10.3 Å². The predicted octanol–water partition coefficient (Wildman–Crippen LogP) is -0.244.